The molecule has 2 fully saturated rings. The number of nitrogens with one attached hydrogen (secondary N) is 1. The molecule has 1 aromatic heterocycles. The number of amides is 2. The van der Waals surface area contributed by atoms with Crippen LogP contribution in [0.25, 0.3) is 0 Å². The van der Waals surface area contributed by atoms with Crippen molar-refractivity contribution in [2.24, 2.45) is 0 Å². The molecule has 0 saturated carbocycles. The van der Waals surface area contributed by atoms with E-state index in [0.717, 1.165) is 18.5 Å². The Kier molecular flexibility index (Phi) is 6.59. The Morgan fingerprint density at radius 3 is 2.61 bits per heavy atom. The first-order chi connectivity index (χ1) is 13.3. The fourth-order valence-corrected chi connectivity index (χ4v) is 3.96. The first kappa shape index (κ1) is 20.6. The maximum atomic E-state index is 13.3. The van der Waals surface area contributed by atoms with Crippen molar-refractivity contribution in [1.82, 2.24) is 20.1 Å². The Morgan fingerprint density at radius 1 is 1.21 bits per heavy atom. The first-order valence-electron chi connectivity index (χ1n) is 9.88. The summed E-state index contributed by atoms with van der Waals surface area (Å²) in [7, 11) is 1.96. The number of hydrogen-bond donors (Lipinski definition) is 1. The van der Waals surface area contributed by atoms with Gasteiger partial charge in [-0.05, 0) is 32.0 Å². The molecular weight excluding hydrogens is 366 g/mol. The largest absolute Gasteiger partial charge is 0.354 e. The van der Waals surface area contributed by atoms with Gasteiger partial charge >= 0.3 is 0 Å². The highest BCUT2D eigenvalue weighted by molar-refractivity contribution is 5.78. The maximum Gasteiger partial charge on any atom is 0.251 e. The normalized spacial score (nSPS) is 24.9. The molecule has 3 rings (SSSR count). The summed E-state index contributed by atoms with van der Waals surface area (Å²) in [6.45, 7) is 0.799. The van der Waals surface area contributed by atoms with Gasteiger partial charge in [0, 0.05) is 62.9 Å². The minimum absolute atomic E-state index is 0.0489. The molecule has 0 radical (unpaired) electrons. The van der Waals surface area contributed by atoms with Gasteiger partial charge in [-0.3, -0.25) is 19.5 Å². The van der Waals surface area contributed by atoms with Crippen LogP contribution in [0.1, 0.15) is 37.8 Å². The molecule has 0 unspecified atom stereocenters. The predicted octanol–water partition coefficient (Wildman–Crippen LogP) is 1.85. The van der Waals surface area contributed by atoms with Crippen LogP contribution in [0.15, 0.2) is 24.4 Å². The molecule has 0 bridgehead atoms. The second kappa shape index (κ2) is 8.94. The highest BCUT2D eigenvalue weighted by Crippen LogP contribution is 2.29. The summed E-state index contributed by atoms with van der Waals surface area (Å²) in [6, 6.07) is 5.75. The maximum absolute atomic E-state index is 13.3. The zero-order chi connectivity index (χ0) is 20.1. The van der Waals surface area contributed by atoms with Gasteiger partial charge in [0.1, 0.15) is 0 Å². The van der Waals surface area contributed by atoms with Crippen LogP contribution in [-0.2, 0) is 16.0 Å². The zero-order valence-corrected chi connectivity index (χ0v) is 16.2. The second-order valence-electron chi connectivity index (χ2n) is 7.79. The van der Waals surface area contributed by atoms with Gasteiger partial charge in [0.05, 0.1) is 6.42 Å². The number of carbonyl (C=O) groups excluding carboxylic acids is 2. The summed E-state index contributed by atoms with van der Waals surface area (Å²) in [4.78, 5) is 32.4. The lowest BCUT2D eigenvalue weighted by atomic mass is 10.0. The van der Waals surface area contributed by atoms with E-state index in [9.17, 15) is 18.4 Å². The predicted molar refractivity (Wildman–Crippen MR) is 101 cm³/mol. The van der Waals surface area contributed by atoms with Crippen LogP contribution >= 0.6 is 0 Å². The van der Waals surface area contributed by atoms with Crippen molar-refractivity contribution in [3.05, 3.63) is 30.1 Å². The number of hydrogen-bond acceptors (Lipinski definition) is 4. The number of alkyl halides is 2. The second-order valence-corrected chi connectivity index (χ2v) is 7.79. The van der Waals surface area contributed by atoms with Gasteiger partial charge in [0.2, 0.25) is 11.8 Å². The smallest absolute Gasteiger partial charge is 0.251 e. The fourth-order valence-electron chi connectivity index (χ4n) is 3.96. The Hall–Kier alpha value is -2.09. The summed E-state index contributed by atoms with van der Waals surface area (Å²) in [6.07, 6.45) is 3.54. The lowest BCUT2D eigenvalue weighted by Gasteiger charge is -2.33. The van der Waals surface area contributed by atoms with Crippen molar-refractivity contribution in [1.29, 1.82) is 0 Å². The van der Waals surface area contributed by atoms with E-state index in [1.165, 1.54) is 0 Å². The van der Waals surface area contributed by atoms with Crippen molar-refractivity contribution < 1.29 is 18.4 Å². The molecule has 2 aliphatic rings. The topological polar surface area (TPSA) is 65.5 Å². The summed E-state index contributed by atoms with van der Waals surface area (Å²) in [5.74, 6) is -2.76. The lowest BCUT2D eigenvalue weighted by molar-refractivity contribution is -0.138. The molecule has 1 aromatic rings. The first-order valence-corrected chi connectivity index (χ1v) is 9.88. The van der Waals surface area contributed by atoms with E-state index >= 15 is 0 Å². The molecule has 154 valence electrons. The number of halogens is 2. The van der Waals surface area contributed by atoms with E-state index in [2.05, 4.69) is 15.2 Å². The van der Waals surface area contributed by atoms with Crippen LogP contribution in [0.5, 0.6) is 0 Å². The Balaban J connectivity index is 1.41. The van der Waals surface area contributed by atoms with E-state index in [1.807, 2.05) is 25.2 Å². The van der Waals surface area contributed by atoms with Gasteiger partial charge in [-0.2, -0.15) is 0 Å². The average molecular weight is 394 g/mol. The molecule has 28 heavy (non-hydrogen) atoms. The van der Waals surface area contributed by atoms with Crippen LogP contribution in [0.4, 0.5) is 8.78 Å². The quantitative estimate of drug-likeness (QED) is 0.800. The standard InChI is InChI=1S/C20H28F2N4O2/c1-25-16(13-19(28)26-10-7-20(21,22)8-11-26)5-6-17(25)14-24-18(27)12-15-4-2-3-9-23-15/h2-4,9,16-17H,5-8,10-14H2,1H3,(H,24,27)/t16-,17+/m1/s1. The van der Waals surface area contributed by atoms with E-state index in [0.29, 0.717) is 13.0 Å². The molecule has 0 aliphatic carbocycles. The number of nitrogens with zero attached hydrogens (tertiary/aromatic N) is 3. The van der Waals surface area contributed by atoms with Crippen molar-refractivity contribution in [3.8, 4) is 0 Å². The zero-order valence-electron chi connectivity index (χ0n) is 16.2. The third kappa shape index (κ3) is 5.47. The average Bonchev–Trinajstić information content (AvgIpc) is 3.00. The molecule has 3 heterocycles. The van der Waals surface area contributed by atoms with E-state index < -0.39 is 5.92 Å². The molecule has 0 spiro atoms. The molecule has 2 aliphatic heterocycles. The van der Waals surface area contributed by atoms with E-state index in [4.69, 9.17) is 0 Å². The Morgan fingerprint density at radius 2 is 1.93 bits per heavy atom. The van der Waals surface area contributed by atoms with Gasteiger partial charge < -0.3 is 10.2 Å². The van der Waals surface area contributed by atoms with E-state index in [1.54, 1.807) is 11.1 Å². The Bertz CT molecular complexity index is 676. The number of carbonyl (C=O) groups is 2. The lowest BCUT2D eigenvalue weighted by Crippen LogP contribution is -2.46. The van der Waals surface area contributed by atoms with Crippen molar-refractivity contribution >= 4 is 11.8 Å². The highest BCUT2D eigenvalue weighted by atomic mass is 19.3. The monoisotopic (exact) mass is 394 g/mol. The molecule has 2 amide bonds. The SMILES string of the molecule is CN1[C@@H](CC(=O)N2CCC(F)(F)CC2)CC[C@H]1CNC(=O)Cc1ccccn1. The molecule has 0 aromatic carbocycles. The van der Waals surface area contributed by atoms with Gasteiger partial charge in [-0.1, -0.05) is 6.07 Å². The van der Waals surface area contributed by atoms with Crippen molar-refractivity contribution in [3.63, 3.8) is 0 Å². The third-order valence-electron chi connectivity index (χ3n) is 5.85. The van der Waals surface area contributed by atoms with Crippen LogP contribution < -0.4 is 5.32 Å². The number of likely N-dealkylation sites (tertiary alicyclic amines) is 2. The number of piperidine rings is 1. The molecule has 8 heteroatoms. The van der Waals surface area contributed by atoms with Crippen LogP contribution in [-0.4, -0.2) is 71.3 Å². The number of rotatable bonds is 6. The molecule has 1 N–H and O–H groups in total. The summed E-state index contributed by atoms with van der Waals surface area (Å²) < 4.78 is 26.5. The van der Waals surface area contributed by atoms with Gasteiger partial charge in [-0.25, -0.2) is 8.78 Å². The fraction of sp³-hybridized carbons (Fsp3) is 0.650. The molecular formula is C20H28F2N4O2. The summed E-state index contributed by atoms with van der Waals surface area (Å²) in [5, 5.41) is 2.95. The number of pyridine rings is 1. The van der Waals surface area contributed by atoms with Gasteiger partial charge in [0.15, 0.2) is 0 Å². The van der Waals surface area contributed by atoms with Crippen LogP contribution in [0.2, 0.25) is 0 Å². The van der Waals surface area contributed by atoms with Gasteiger partial charge in [-0.15, -0.1) is 0 Å². The van der Waals surface area contributed by atoms with Crippen molar-refractivity contribution in [2.75, 3.05) is 26.7 Å². The number of likely N-dealkylation sites (N-methyl/N-ethyl adjacent to an activating group) is 1. The van der Waals surface area contributed by atoms with E-state index in [-0.39, 0.29) is 56.3 Å². The van der Waals surface area contributed by atoms with Crippen molar-refractivity contribution in [2.45, 2.75) is 56.5 Å². The minimum atomic E-state index is -2.64. The Labute approximate surface area is 164 Å². The minimum Gasteiger partial charge on any atom is -0.354 e. The molecule has 2 atom stereocenters. The van der Waals surface area contributed by atoms with Crippen LogP contribution in [0, 0.1) is 0 Å². The summed E-state index contributed by atoms with van der Waals surface area (Å²) in [5.41, 5.74) is 0.732. The molecule has 2 saturated heterocycles. The van der Waals surface area contributed by atoms with Gasteiger partial charge in [0.25, 0.3) is 5.92 Å². The third-order valence-corrected chi connectivity index (χ3v) is 5.85. The highest BCUT2D eigenvalue weighted by Gasteiger charge is 2.37. The number of aromatic nitrogens is 1. The summed E-state index contributed by atoms with van der Waals surface area (Å²) >= 11 is 0. The van der Waals surface area contributed by atoms with Crippen LogP contribution in [0.3, 0.4) is 0 Å². The molecule has 6 nitrogen and oxygen atoms in total.